The summed E-state index contributed by atoms with van der Waals surface area (Å²) in [7, 11) is 0. The van der Waals surface area contributed by atoms with Gasteiger partial charge in [0.25, 0.3) is 0 Å². The van der Waals surface area contributed by atoms with E-state index in [1.165, 1.54) is 4.88 Å². The highest BCUT2D eigenvalue weighted by atomic mass is 32.1. The number of rotatable bonds is 6. The van der Waals surface area contributed by atoms with Crippen molar-refractivity contribution < 1.29 is 9.59 Å². The molecule has 1 aliphatic heterocycles. The van der Waals surface area contributed by atoms with Gasteiger partial charge in [0.1, 0.15) is 0 Å². The molecule has 0 radical (unpaired) electrons. The predicted molar refractivity (Wildman–Crippen MR) is 92.5 cm³/mol. The molecule has 0 unspecified atom stereocenters. The molecule has 2 rings (SSSR count). The van der Waals surface area contributed by atoms with Crippen molar-refractivity contribution in [3.63, 3.8) is 0 Å². The monoisotopic (exact) mass is 338 g/mol. The molecule has 0 saturated carbocycles. The fourth-order valence-corrected chi connectivity index (χ4v) is 3.21. The van der Waals surface area contributed by atoms with Crippen LogP contribution in [-0.2, 0) is 11.3 Å². The van der Waals surface area contributed by atoms with Gasteiger partial charge in [-0.3, -0.25) is 19.9 Å². The molecular weight excluding hydrogens is 312 g/mol. The van der Waals surface area contributed by atoms with Crippen molar-refractivity contribution in [1.29, 1.82) is 0 Å². The molecule has 1 atom stereocenters. The van der Waals surface area contributed by atoms with Crippen LogP contribution < -0.4 is 10.6 Å². The zero-order valence-corrected chi connectivity index (χ0v) is 14.7. The van der Waals surface area contributed by atoms with E-state index in [4.69, 9.17) is 0 Å². The Labute approximate surface area is 141 Å². The highest BCUT2D eigenvalue weighted by Crippen LogP contribution is 2.13. The van der Waals surface area contributed by atoms with E-state index >= 15 is 0 Å². The molecule has 0 aliphatic carbocycles. The van der Waals surface area contributed by atoms with Crippen molar-refractivity contribution in [2.75, 3.05) is 32.7 Å². The average molecular weight is 338 g/mol. The number of hydrogen-bond acceptors (Lipinski definition) is 5. The van der Waals surface area contributed by atoms with E-state index in [0.717, 1.165) is 39.1 Å². The zero-order valence-electron chi connectivity index (χ0n) is 13.9. The van der Waals surface area contributed by atoms with E-state index in [1.807, 2.05) is 13.8 Å². The SMILES string of the molecule is CC[C@@H](C)NC(=O)NC(=O)CN1CCN(Cc2cccs2)CC1. The summed E-state index contributed by atoms with van der Waals surface area (Å²) < 4.78 is 0. The van der Waals surface area contributed by atoms with E-state index in [0.29, 0.717) is 0 Å². The summed E-state index contributed by atoms with van der Waals surface area (Å²) in [6.07, 6.45) is 0.841. The van der Waals surface area contributed by atoms with E-state index < -0.39 is 6.03 Å². The van der Waals surface area contributed by atoms with Gasteiger partial charge in [-0.05, 0) is 24.8 Å². The minimum Gasteiger partial charge on any atom is -0.335 e. The van der Waals surface area contributed by atoms with Crippen molar-refractivity contribution in [3.8, 4) is 0 Å². The van der Waals surface area contributed by atoms with Crippen molar-refractivity contribution in [2.24, 2.45) is 0 Å². The van der Waals surface area contributed by atoms with Crippen LogP contribution >= 0.6 is 11.3 Å². The van der Waals surface area contributed by atoms with Crippen LogP contribution in [0.1, 0.15) is 25.1 Å². The Morgan fingerprint density at radius 2 is 1.96 bits per heavy atom. The van der Waals surface area contributed by atoms with Gasteiger partial charge in [-0.1, -0.05) is 13.0 Å². The second kappa shape index (κ2) is 9.00. The third kappa shape index (κ3) is 6.29. The normalized spacial score (nSPS) is 17.7. The maximum absolute atomic E-state index is 11.9. The van der Waals surface area contributed by atoms with Gasteiger partial charge < -0.3 is 5.32 Å². The first-order valence-corrected chi connectivity index (χ1v) is 9.02. The summed E-state index contributed by atoms with van der Waals surface area (Å²) in [5.41, 5.74) is 0. The molecule has 1 aromatic heterocycles. The number of thiophene rings is 1. The Morgan fingerprint density at radius 3 is 2.57 bits per heavy atom. The third-order valence-electron chi connectivity index (χ3n) is 4.03. The van der Waals surface area contributed by atoms with Crippen LogP contribution in [0, 0.1) is 0 Å². The summed E-state index contributed by atoms with van der Waals surface area (Å²) in [6.45, 7) is 8.77. The molecular formula is C16H26N4O2S. The van der Waals surface area contributed by atoms with Gasteiger partial charge in [0.05, 0.1) is 6.54 Å². The maximum Gasteiger partial charge on any atom is 0.321 e. The second-order valence-corrected chi connectivity index (χ2v) is 6.99. The molecule has 1 saturated heterocycles. The van der Waals surface area contributed by atoms with Crippen molar-refractivity contribution >= 4 is 23.3 Å². The lowest BCUT2D eigenvalue weighted by molar-refractivity contribution is -0.121. The lowest BCUT2D eigenvalue weighted by Crippen LogP contribution is -2.51. The summed E-state index contributed by atoms with van der Waals surface area (Å²) >= 11 is 1.78. The number of piperazine rings is 1. The Kier molecular flexibility index (Phi) is 7.01. The molecule has 128 valence electrons. The molecule has 1 aliphatic rings. The highest BCUT2D eigenvalue weighted by Gasteiger charge is 2.20. The fourth-order valence-electron chi connectivity index (χ4n) is 2.46. The van der Waals surface area contributed by atoms with Gasteiger partial charge in [0.2, 0.25) is 5.91 Å². The van der Waals surface area contributed by atoms with Gasteiger partial charge in [-0.25, -0.2) is 4.79 Å². The van der Waals surface area contributed by atoms with Crippen LogP contribution in [-0.4, -0.2) is 60.5 Å². The molecule has 7 heteroatoms. The summed E-state index contributed by atoms with van der Waals surface area (Å²) in [5.74, 6) is -0.238. The average Bonchev–Trinajstić information content (AvgIpc) is 3.01. The molecule has 2 heterocycles. The molecule has 23 heavy (non-hydrogen) atoms. The molecule has 1 aromatic rings. The van der Waals surface area contributed by atoms with E-state index in [9.17, 15) is 9.59 Å². The lowest BCUT2D eigenvalue weighted by Gasteiger charge is -2.33. The first-order valence-electron chi connectivity index (χ1n) is 8.14. The van der Waals surface area contributed by atoms with Gasteiger partial charge >= 0.3 is 6.03 Å². The fraction of sp³-hybridized carbons (Fsp3) is 0.625. The number of carbonyl (C=O) groups is 2. The number of nitrogens with one attached hydrogen (secondary N) is 2. The summed E-state index contributed by atoms with van der Waals surface area (Å²) in [5, 5.41) is 7.23. The van der Waals surface area contributed by atoms with Crippen molar-refractivity contribution in [3.05, 3.63) is 22.4 Å². The van der Waals surface area contributed by atoms with Gasteiger partial charge in [-0.15, -0.1) is 11.3 Å². The lowest BCUT2D eigenvalue weighted by atomic mass is 10.3. The van der Waals surface area contributed by atoms with Gasteiger partial charge in [-0.2, -0.15) is 0 Å². The first kappa shape index (κ1) is 17.9. The molecule has 0 bridgehead atoms. The standard InChI is InChI=1S/C16H26N4O2S/c1-3-13(2)17-16(22)18-15(21)12-20-8-6-19(7-9-20)11-14-5-4-10-23-14/h4-5,10,13H,3,6-9,11-12H2,1-2H3,(H2,17,18,21,22)/t13-/m1/s1. The van der Waals surface area contributed by atoms with Crippen LogP contribution in [0.25, 0.3) is 0 Å². The highest BCUT2D eigenvalue weighted by molar-refractivity contribution is 7.09. The largest absolute Gasteiger partial charge is 0.335 e. The smallest absolute Gasteiger partial charge is 0.321 e. The number of imide groups is 1. The number of nitrogens with zero attached hydrogens (tertiary/aromatic N) is 2. The molecule has 0 spiro atoms. The minimum absolute atomic E-state index is 0.0728. The Bertz CT molecular complexity index is 498. The second-order valence-electron chi connectivity index (χ2n) is 5.96. The van der Waals surface area contributed by atoms with Crippen LogP contribution in [0.2, 0.25) is 0 Å². The quantitative estimate of drug-likeness (QED) is 0.825. The third-order valence-corrected chi connectivity index (χ3v) is 4.90. The molecule has 6 nitrogen and oxygen atoms in total. The van der Waals surface area contributed by atoms with Crippen LogP contribution in [0.15, 0.2) is 17.5 Å². The first-order chi connectivity index (χ1) is 11.1. The topological polar surface area (TPSA) is 64.7 Å². The Hall–Kier alpha value is -1.44. The maximum atomic E-state index is 11.9. The van der Waals surface area contributed by atoms with Crippen LogP contribution in [0.5, 0.6) is 0 Å². The molecule has 0 aromatic carbocycles. The minimum atomic E-state index is -0.402. The van der Waals surface area contributed by atoms with E-state index in [2.05, 4.69) is 37.9 Å². The Balaban J connectivity index is 1.65. The molecule has 1 fully saturated rings. The number of hydrogen-bond donors (Lipinski definition) is 2. The van der Waals surface area contributed by atoms with Gasteiger partial charge in [0, 0.05) is 43.6 Å². The Morgan fingerprint density at radius 1 is 1.26 bits per heavy atom. The van der Waals surface area contributed by atoms with Crippen molar-refractivity contribution in [1.82, 2.24) is 20.4 Å². The number of urea groups is 1. The van der Waals surface area contributed by atoms with Crippen molar-refractivity contribution in [2.45, 2.75) is 32.9 Å². The summed E-state index contributed by atoms with van der Waals surface area (Å²) in [6, 6.07) is 3.90. The summed E-state index contributed by atoms with van der Waals surface area (Å²) in [4.78, 5) is 29.4. The van der Waals surface area contributed by atoms with E-state index in [1.54, 1.807) is 11.3 Å². The zero-order chi connectivity index (χ0) is 16.7. The van der Waals surface area contributed by atoms with E-state index in [-0.39, 0.29) is 18.5 Å². The van der Waals surface area contributed by atoms with Crippen LogP contribution in [0.4, 0.5) is 4.79 Å². The predicted octanol–water partition coefficient (Wildman–Crippen LogP) is 1.49. The molecule has 2 N–H and O–H groups in total. The number of amides is 3. The van der Waals surface area contributed by atoms with Crippen LogP contribution in [0.3, 0.4) is 0 Å². The molecule has 3 amide bonds. The van der Waals surface area contributed by atoms with Gasteiger partial charge in [0.15, 0.2) is 0 Å². The number of carbonyl (C=O) groups excluding carboxylic acids is 2.